The van der Waals surface area contributed by atoms with Crippen molar-refractivity contribution < 1.29 is 8.42 Å². The second-order valence-electron chi connectivity index (χ2n) is 4.90. The van der Waals surface area contributed by atoms with Crippen molar-refractivity contribution in [3.05, 3.63) is 64.4 Å². The molecule has 0 bridgehead atoms. The molecule has 2 aromatic heterocycles. The number of aryl methyl sites for hydroxylation is 1. The predicted octanol–water partition coefficient (Wildman–Crippen LogP) is 2.61. The minimum absolute atomic E-state index is 0.182. The van der Waals surface area contributed by atoms with Crippen LogP contribution in [0.25, 0.3) is 10.6 Å². The first-order valence-corrected chi connectivity index (χ1v) is 8.99. The van der Waals surface area contributed by atoms with Gasteiger partial charge in [-0.05, 0) is 37.3 Å². The van der Waals surface area contributed by atoms with E-state index in [2.05, 4.69) is 14.9 Å². The number of thiophene rings is 1. The third kappa shape index (κ3) is 3.49. The van der Waals surface area contributed by atoms with Gasteiger partial charge in [0.15, 0.2) is 0 Å². The van der Waals surface area contributed by atoms with E-state index in [-0.39, 0.29) is 9.77 Å². The second-order valence-corrected chi connectivity index (χ2v) is 7.89. The monoisotopic (exact) mass is 347 g/mol. The molecule has 0 spiro atoms. The lowest BCUT2D eigenvalue weighted by Crippen LogP contribution is -2.11. The first kappa shape index (κ1) is 15.4. The molecular formula is C15H13N3O3S2. The lowest BCUT2D eigenvalue weighted by atomic mass is 10.2. The number of sulfonamides is 1. The van der Waals surface area contributed by atoms with Crippen molar-refractivity contribution >= 4 is 27.0 Å². The van der Waals surface area contributed by atoms with Gasteiger partial charge < -0.3 is 0 Å². The Morgan fingerprint density at radius 1 is 1.04 bits per heavy atom. The summed E-state index contributed by atoms with van der Waals surface area (Å²) in [7, 11) is -3.65. The van der Waals surface area contributed by atoms with Crippen LogP contribution in [0.2, 0.25) is 0 Å². The highest BCUT2D eigenvalue weighted by atomic mass is 32.2. The number of hydrogen-bond acceptors (Lipinski definition) is 5. The highest BCUT2D eigenvalue weighted by Gasteiger charge is 2.18. The van der Waals surface area contributed by atoms with Gasteiger partial charge in [-0.2, -0.15) is 5.10 Å². The zero-order chi connectivity index (χ0) is 16.4. The molecule has 2 heterocycles. The summed E-state index contributed by atoms with van der Waals surface area (Å²) in [5, 5.41) is 6.22. The summed E-state index contributed by atoms with van der Waals surface area (Å²) in [5.74, 6) is 0. The number of anilines is 1. The van der Waals surface area contributed by atoms with Gasteiger partial charge in [-0.1, -0.05) is 17.7 Å². The summed E-state index contributed by atoms with van der Waals surface area (Å²) in [6.07, 6.45) is 0. The molecule has 23 heavy (non-hydrogen) atoms. The Hall–Kier alpha value is -2.45. The maximum atomic E-state index is 12.4. The van der Waals surface area contributed by atoms with Gasteiger partial charge in [0.05, 0.1) is 4.88 Å². The van der Waals surface area contributed by atoms with Gasteiger partial charge >= 0.3 is 0 Å². The van der Waals surface area contributed by atoms with Gasteiger partial charge in [0, 0.05) is 11.8 Å². The third-order valence-electron chi connectivity index (χ3n) is 3.08. The average molecular weight is 347 g/mol. The smallest absolute Gasteiger partial charge is 0.271 e. The molecule has 118 valence electrons. The Bertz CT molecular complexity index is 969. The topological polar surface area (TPSA) is 91.9 Å². The fourth-order valence-electron chi connectivity index (χ4n) is 1.91. The molecule has 2 N–H and O–H groups in total. The van der Waals surface area contributed by atoms with E-state index < -0.39 is 10.0 Å². The normalized spacial score (nSPS) is 11.3. The van der Waals surface area contributed by atoms with Crippen LogP contribution in [0, 0.1) is 6.92 Å². The van der Waals surface area contributed by atoms with Gasteiger partial charge in [-0.25, -0.2) is 13.5 Å². The van der Waals surface area contributed by atoms with Gasteiger partial charge in [0.25, 0.3) is 15.6 Å². The average Bonchev–Trinajstić information content (AvgIpc) is 3.01. The van der Waals surface area contributed by atoms with Crippen LogP contribution in [-0.2, 0) is 10.0 Å². The van der Waals surface area contributed by atoms with E-state index in [1.807, 2.05) is 19.1 Å². The van der Waals surface area contributed by atoms with Crippen LogP contribution in [0.15, 0.2) is 57.5 Å². The van der Waals surface area contributed by atoms with E-state index in [1.54, 1.807) is 24.3 Å². The molecule has 3 rings (SSSR count). The molecular weight excluding hydrogens is 334 g/mol. The van der Waals surface area contributed by atoms with Crippen molar-refractivity contribution in [3.8, 4) is 10.6 Å². The molecule has 0 saturated carbocycles. The van der Waals surface area contributed by atoms with Crippen molar-refractivity contribution in [3.63, 3.8) is 0 Å². The Kier molecular flexibility index (Phi) is 4.01. The van der Waals surface area contributed by atoms with E-state index in [1.165, 1.54) is 12.1 Å². The van der Waals surface area contributed by atoms with E-state index in [4.69, 9.17) is 0 Å². The molecule has 0 aliphatic heterocycles. The molecule has 0 fully saturated rings. The predicted molar refractivity (Wildman–Crippen MR) is 90.2 cm³/mol. The van der Waals surface area contributed by atoms with Crippen molar-refractivity contribution in [1.82, 2.24) is 10.2 Å². The molecule has 0 unspecified atom stereocenters. The third-order valence-corrected chi connectivity index (χ3v) is 6.06. The van der Waals surface area contributed by atoms with Crippen LogP contribution in [0.3, 0.4) is 0 Å². The van der Waals surface area contributed by atoms with Crippen LogP contribution in [0.5, 0.6) is 0 Å². The molecule has 8 heteroatoms. The van der Waals surface area contributed by atoms with E-state index in [9.17, 15) is 13.2 Å². The standard InChI is InChI=1S/C15H13N3O3S2/c1-10-2-4-11(5-3-10)18-23(20,21)15-9-7-13(22-15)12-6-8-14(19)17-16-12/h2-9,18H,1H3,(H,17,19). The van der Waals surface area contributed by atoms with Crippen molar-refractivity contribution in [2.45, 2.75) is 11.1 Å². The summed E-state index contributed by atoms with van der Waals surface area (Å²) in [6.45, 7) is 1.93. The van der Waals surface area contributed by atoms with E-state index >= 15 is 0 Å². The van der Waals surface area contributed by atoms with Crippen molar-refractivity contribution in [2.24, 2.45) is 0 Å². The van der Waals surface area contributed by atoms with Gasteiger partial charge in [0.1, 0.15) is 9.90 Å². The van der Waals surface area contributed by atoms with E-state index in [0.717, 1.165) is 16.9 Å². The van der Waals surface area contributed by atoms with Crippen LogP contribution in [0.4, 0.5) is 5.69 Å². The Morgan fingerprint density at radius 3 is 2.43 bits per heavy atom. The number of nitrogens with zero attached hydrogens (tertiary/aromatic N) is 1. The Morgan fingerprint density at radius 2 is 1.78 bits per heavy atom. The maximum Gasteiger partial charge on any atom is 0.271 e. The summed E-state index contributed by atoms with van der Waals surface area (Å²) < 4.78 is 27.5. The second kappa shape index (κ2) is 5.98. The number of nitrogens with one attached hydrogen (secondary N) is 2. The number of rotatable bonds is 4. The summed E-state index contributed by atoms with van der Waals surface area (Å²) in [6, 6.07) is 13.2. The summed E-state index contributed by atoms with van der Waals surface area (Å²) >= 11 is 1.09. The van der Waals surface area contributed by atoms with Crippen LogP contribution in [0.1, 0.15) is 5.56 Å². The quantitative estimate of drug-likeness (QED) is 0.759. The van der Waals surface area contributed by atoms with Crippen LogP contribution >= 0.6 is 11.3 Å². The Balaban J connectivity index is 1.87. The highest BCUT2D eigenvalue weighted by Crippen LogP contribution is 2.30. The number of H-pyrrole nitrogens is 1. The fraction of sp³-hybridized carbons (Fsp3) is 0.0667. The summed E-state index contributed by atoms with van der Waals surface area (Å²) in [4.78, 5) is 11.7. The number of benzene rings is 1. The lowest BCUT2D eigenvalue weighted by molar-refractivity contribution is 0.603. The lowest BCUT2D eigenvalue weighted by Gasteiger charge is -2.06. The molecule has 0 aliphatic carbocycles. The van der Waals surface area contributed by atoms with Crippen LogP contribution < -0.4 is 10.3 Å². The Labute approximate surface area is 136 Å². The zero-order valence-corrected chi connectivity index (χ0v) is 13.7. The first-order chi connectivity index (χ1) is 10.9. The van der Waals surface area contributed by atoms with Crippen molar-refractivity contribution in [1.29, 1.82) is 0 Å². The minimum Gasteiger partial charge on any atom is -0.279 e. The largest absolute Gasteiger partial charge is 0.279 e. The van der Waals surface area contributed by atoms with Gasteiger partial charge in [-0.3, -0.25) is 9.52 Å². The molecule has 0 aliphatic rings. The molecule has 0 saturated heterocycles. The molecule has 1 aromatic carbocycles. The van der Waals surface area contributed by atoms with E-state index in [0.29, 0.717) is 16.3 Å². The van der Waals surface area contributed by atoms with Crippen molar-refractivity contribution in [2.75, 3.05) is 4.72 Å². The summed E-state index contributed by atoms with van der Waals surface area (Å²) in [5.41, 5.74) is 1.77. The number of aromatic amines is 1. The zero-order valence-electron chi connectivity index (χ0n) is 12.1. The van der Waals surface area contributed by atoms with Gasteiger partial charge in [0.2, 0.25) is 0 Å². The molecule has 3 aromatic rings. The van der Waals surface area contributed by atoms with Crippen LogP contribution in [-0.4, -0.2) is 18.6 Å². The fourth-order valence-corrected chi connectivity index (χ4v) is 4.25. The first-order valence-electron chi connectivity index (χ1n) is 6.69. The molecule has 6 nitrogen and oxygen atoms in total. The van der Waals surface area contributed by atoms with Gasteiger partial charge in [-0.15, -0.1) is 11.3 Å². The number of aromatic nitrogens is 2. The number of hydrogen-bond donors (Lipinski definition) is 2. The maximum absolute atomic E-state index is 12.4. The highest BCUT2D eigenvalue weighted by molar-refractivity contribution is 7.94. The molecule has 0 radical (unpaired) electrons. The minimum atomic E-state index is -3.65. The molecule has 0 amide bonds. The molecule has 0 atom stereocenters. The SMILES string of the molecule is Cc1ccc(NS(=O)(=O)c2ccc(-c3ccc(=O)[nH]n3)s2)cc1.